The van der Waals surface area contributed by atoms with Crippen molar-refractivity contribution in [2.45, 2.75) is 96.3 Å². The molecule has 1 unspecified atom stereocenters. The van der Waals surface area contributed by atoms with E-state index in [2.05, 4.69) is 51.2 Å². The standard InChI is InChI=1S/C27H39NO2/c1-15-11-25(30)26(28-14-15)17(3)20-7-8-21-22-6-5-18-12-19(29)9-10-27(18,4)24(22)13-23(21)16(20)2/h5,7-8,15,17,19,22,24-26,28-30H,6,9-14H2,1-4H3/t15-,17+,19-,22-,24+,25+,26?,27-/m0/s1. The number of rotatable bonds is 2. The summed E-state index contributed by atoms with van der Waals surface area (Å²) >= 11 is 0. The maximum absolute atomic E-state index is 10.7. The van der Waals surface area contributed by atoms with Crippen LogP contribution in [0, 0.1) is 24.2 Å². The molecule has 1 aromatic carbocycles. The smallest absolute Gasteiger partial charge is 0.0702 e. The third kappa shape index (κ3) is 3.12. The van der Waals surface area contributed by atoms with E-state index in [0.29, 0.717) is 23.7 Å². The molecule has 1 saturated carbocycles. The van der Waals surface area contributed by atoms with E-state index in [1.54, 1.807) is 11.1 Å². The minimum atomic E-state index is -0.265. The zero-order chi connectivity index (χ0) is 21.2. The highest BCUT2D eigenvalue weighted by molar-refractivity contribution is 5.49. The molecule has 3 aliphatic carbocycles. The number of aliphatic hydroxyl groups excluding tert-OH is 2. The fourth-order valence-electron chi connectivity index (χ4n) is 7.49. The Bertz CT molecular complexity index is 861. The van der Waals surface area contributed by atoms with Gasteiger partial charge in [-0.15, -0.1) is 0 Å². The van der Waals surface area contributed by atoms with E-state index in [0.717, 1.165) is 38.6 Å². The van der Waals surface area contributed by atoms with Crippen molar-refractivity contribution in [1.82, 2.24) is 5.32 Å². The van der Waals surface area contributed by atoms with Crippen LogP contribution in [0.1, 0.15) is 87.0 Å². The molecule has 164 valence electrons. The van der Waals surface area contributed by atoms with Crippen LogP contribution in [-0.4, -0.2) is 35.0 Å². The van der Waals surface area contributed by atoms with Crippen LogP contribution in [0.15, 0.2) is 23.8 Å². The number of hydrogen-bond acceptors (Lipinski definition) is 3. The molecule has 3 nitrogen and oxygen atoms in total. The molecule has 1 saturated heterocycles. The van der Waals surface area contributed by atoms with Gasteiger partial charge < -0.3 is 15.5 Å². The molecule has 3 N–H and O–H groups in total. The summed E-state index contributed by atoms with van der Waals surface area (Å²) in [5.74, 6) is 2.16. The first-order valence-corrected chi connectivity index (χ1v) is 12.2. The van der Waals surface area contributed by atoms with Gasteiger partial charge in [0.2, 0.25) is 0 Å². The predicted octanol–water partition coefficient (Wildman–Crippen LogP) is 4.59. The quantitative estimate of drug-likeness (QED) is 0.626. The first kappa shape index (κ1) is 20.7. The average molecular weight is 410 g/mol. The minimum absolute atomic E-state index is 0.143. The second-order valence-corrected chi connectivity index (χ2v) is 11.2. The summed E-state index contributed by atoms with van der Waals surface area (Å²) in [4.78, 5) is 0. The lowest BCUT2D eigenvalue weighted by molar-refractivity contribution is 0.0656. The molecule has 30 heavy (non-hydrogen) atoms. The Hall–Kier alpha value is -1.16. The van der Waals surface area contributed by atoms with E-state index in [-0.39, 0.29) is 23.7 Å². The summed E-state index contributed by atoms with van der Waals surface area (Å²) in [5.41, 5.74) is 7.79. The molecule has 8 atom stereocenters. The van der Waals surface area contributed by atoms with Gasteiger partial charge >= 0.3 is 0 Å². The van der Waals surface area contributed by atoms with Crippen LogP contribution in [0.4, 0.5) is 0 Å². The largest absolute Gasteiger partial charge is 0.393 e. The molecular formula is C27H39NO2. The van der Waals surface area contributed by atoms with Crippen molar-refractivity contribution >= 4 is 0 Å². The van der Waals surface area contributed by atoms with Gasteiger partial charge in [-0.2, -0.15) is 0 Å². The molecule has 0 radical (unpaired) electrons. The fraction of sp³-hybridized carbons (Fsp3) is 0.704. The van der Waals surface area contributed by atoms with Gasteiger partial charge in [-0.25, -0.2) is 0 Å². The number of aliphatic hydroxyl groups is 2. The summed E-state index contributed by atoms with van der Waals surface area (Å²) in [6.07, 6.45) is 8.20. The number of nitrogens with one attached hydrogen (secondary N) is 1. The third-order valence-electron chi connectivity index (χ3n) is 9.40. The zero-order valence-electron chi connectivity index (χ0n) is 19.1. The molecular weight excluding hydrogens is 370 g/mol. The Kier molecular flexibility index (Phi) is 5.16. The molecule has 2 fully saturated rings. The minimum Gasteiger partial charge on any atom is -0.393 e. The molecule has 3 heteroatoms. The normalized spacial score (nSPS) is 41.5. The van der Waals surface area contributed by atoms with Crippen molar-refractivity contribution in [3.8, 4) is 0 Å². The van der Waals surface area contributed by atoms with Crippen molar-refractivity contribution in [3.63, 3.8) is 0 Å². The van der Waals surface area contributed by atoms with Crippen molar-refractivity contribution in [3.05, 3.63) is 46.0 Å². The highest BCUT2D eigenvalue weighted by Gasteiger charge is 2.50. The summed E-state index contributed by atoms with van der Waals surface area (Å²) in [5, 5.41) is 24.6. The van der Waals surface area contributed by atoms with E-state index in [4.69, 9.17) is 0 Å². The highest BCUT2D eigenvalue weighted by atomic mass is 16.3. The molecule has 1 aliphatic heterocycles. The summed E-state index contributed by atoms with van der Waals surface area (Å²) in [6, 6.07) is 4.92. The van der Waals surface area contributed by atoms with Gasteiger partial charge in [0.15, 0.2) is 0 Å². The molecule has 0 spiro atoms. The van der Waals surface area contributed by atoms with Gasteiger partial charge in [-0.3, -0.25) is 0 Å². The fourth-order valence-corrected chi connectivity index (χ4v) is 7.49. The Morgan fingerprint density at radius 2 is 2.00 bits per heavy atom. The van der Waals surface area contributed by atoms with Crippen LogP contribution >= 0.6 is 0 Å². The number of hydrogen-bond donors (Lipinski definition) is 3. The number of allylic oxidation sites excluding steroid dienone is 1. The van der Waals surface area contributed by atoms with Crippen molar-refractivity contribution in [2.24, 2.45) is 17.3 Å². The molecule has 0 bridgehead atoms. The summed E-state index contributed by atoms with van der Waals surface area (Å²) < 4.78 is 0. The Balaban J connectivity index is 1.44. The molecule has 1 heterocycles. The Labute approximate surface area is 182 Å². The zero-order valence-corrected chi connectivity index (χ0v) is 19.1. The topological polar surface area (TPSA) is 52.5 Å². The van der Waals surface area contributed by atoms with Gasteiger partial charge in [0.25, 0.3) is 0 Å². The first-order chi connectivity index (χ1) is 14.3. The van der Waals surface area contributed by atoms with Gasteiger partial charge in [0.1, 0.15) is 0 Å². The van der Waals surface area contributed by atoms with E-state index >= 15 is 0 Å². The van der Waals surface area contributed by atoms with Crippen LogP contribution in [0.5, 0.6) is 0 Å². The first-order valence-electron chi connectivity index (χ1n) is 12.2. The van der Waals surface area contributed by atoms with Crippen molar-refractivity contribution in [1.29, 1.82) is 0 Å². The number of benzene rings is 1. The van der Waals surface area contributed by atoms with Gasteiger partial charge in [0, 0.05) is 6.04 Å². The molecule has 5 rings (SSSR count). The van der Waals surface area contributed by atoms with Crippen LogP contribution < -0.4 is 5.32 Å². The lowest BCUT2D eigenvalue weighted by Gasteiger charge is -2.48. The molecule has 1 aromatic rings. The van der Waals surface area contributed by atoms with E-state index in [9.17, 15) is 10.2 Å². The Morgan fingerprint density at radius 3 is 2.77 bits per heavy atom. The van der Waals surface area contributed by atoms with Crippen LogP contribution in [0.3, 0.4) is 0 Å². The van der Waals surface area contributed by atoms with Gasteiger partial charge in [-0.1, -0.05) is 44.6 Å². The van der Waals surface area contributed by atoms with Crippen molar-refractivity contribution < 1.29 is 10.2 Å². The van der Waals surface area contributed by atoms with E-state index in [1.807, 2.05) is 0 Å². The van der Waals surface area contributed by atoms with Gasteiger partial charge in [-0.05, 0) is 103 Å². The molecule has 4 aliphatic rings. The van der Waals surface area contributed by atoms with Crippen LogP contribution in [-0.2, 0) is 6.42 Å². The van der Waals surface area contributed by atoms with Crippen LogP contribution in [0.25, 0.3) is 0 Å². The Morgan fingerprint density at radius 1 is 1.20 bits per heavy atom. The van der Waals surface area contributed by atoms with E-state index in [1.165, 1.54) is 23.1 Å². The van der Waals surface area contributed by atoms with Crippen LogP contribution in [0.2, 0.25) is 0 Å². The second kappa shape index (κ2) is 7.46. The van der Waals surface area contributed by atoms with Gasteiger partial charge in [0.05, 0.1) is 12.2 Å². The average Bonchev–Trinajstić information content (AvgIpc) is 3.09. The lowest BCUT2D eigenvalue weighted by atomic mass is 9.57. The maximum atomic E-state index is 10.7. The van der Waals surface area contributed by atoms with Crippen molar-refractivity contribution in [2.75, 3.05) is 6.54 Å². The molecule has 0 amide bonds. The number of piperidine rings is 1. The summed E-state index contributed by atoms with van der Waals surface area (Å²) in [7, 11) is 0. The maximum Gasteiger partial charge on any atom is 0.0702 e. The third-order valence-corrected chi connectivity index (χ3v) is 9.40. The summed E-state index contributed by atoms with van der Waals surface area (Å²) in [6.45, 7) is 10.3. The SMILES string of the molecule is Cc1c([C@@H](C)C2NC[C@@H](C)C[C@H]2O)ccc2c1C[C@@H]1[C@H]2CC=C2C[C@@H](O)CC[C@@]21C. The highest BCUT2D eigenvalue weighted by Crippen LogP contribution is 2.60. The van der Waals surface area contributed by atoms with E-state index < -0.39 is 0 Å². The lowest BCUT2D eigenvalue weighted by Crippen LogP contribution is -2.50. The molecule has 0 aromatic heterocycles. The predicted molar refractivity (Wildman–Crippen MR) is 122 cm³/mol. The monoisotopic (exact) mass is 409 g/mol. The number of fused-ring (bicyclic) bond motifs is 5. The second-order valence-electron chi connectivity index (χ2n) is 11.2.